The van der Waals surface area contributed by atoms with Crippen LogP contribution in [0.25, 0.3) is 0 Å². The lowest BCUT2D eigenvalue weighted by Crippen LogP contribution is -2.54. The molecular weight excluding hydrogens is 272 g/mol. The minimum absolute atomic E-state index is 0.0357. The smallest absolute Gasteiger partial charge is 0.421 e. The zero-order valence-electron chi connectivity index (χ0n) is 8.95. The van der Waals surface area contributed by atoms with Gasteiger partial charge in [0.25, 0.3) is 0 Å². The quantitative estimate of drug-likeness (QED) is 0.689. The highest BCUT2D eigenvalue weighted by molar-refractivity contribution is 7.99. The first-order valence-corrected chi connectivity index (χ1v) is 7.16. The fraction of sp³-hybridized carbons (Fsp3) is 0.714. The van der Waals surface area contributed by atoms with Crippen molar-refractivity contribution in [3.63, 3.8) is 0 Å². The molecule has 2 N–H and O–H groups in total. The SMILES string of the molecule is COC(=O)NS(=O)(=O)N1CCSCC1C(=O)O. The Hall–Kier alpha value is -1.00. The van der Waals surface area contributed by atoms with E-state index >= 15 is 0 Å². The number of methoxy groups -OCH3 is 1. The number of carbonyl (C=O) groups excluding carboxylic acids is 1. The second-order valence-electron chi connectivity index (χ2n) is 3.14. The van der Waals surface area contributed by atoms with Gasteiger partial charge in [-0.3, -0.25) is 4.79 Å². The van der Waals surface area contributed by atoms with Crippen LogP contribution in [-0.4, -0.2) is 61.1 Å². The van der Waals surface area contributed by atoms with E-state index in [1.165, 1.54) is 11.8 Å². The summed E-state index contributed by atoms with van der Waals surface area (Å²) in [5.74, 6) is -0.615. The molecule has 10 heteroatoms. The molecule has 98 valence electrons. The van der Waals surface area contributed by atoms with Crippen molar-refractivity contribution in [2.75, 3.05) is 25.2 Å². The van der Waals surface area contributed by atoms with Gasteiger partial charge in [-0.05, 0) is 0 Å². The Morgan fingerprint density at radius 3 is 2.71 bits per heavy atom. The summed E-state index contributed by atoms with van der Waals surface area (Å²) in [6.07, 6.45) is -1.15. The van der Waals surface area contributed by atoms with Crippen LogP contribution in [0.15, 0.2) is 0 Å². The van der Waals surface area contributed by atoms with Gasteiger partial charge < -0.3 is 9.84 Å². The van der Waals surface area contributed by atoms with E-state index in [9.17, 15) is 18.0 Å². The predicted octanol–water partition coefficient (Wildman–Crippen LogP) is -0.911. The second-order valence-corrected chi connectivity index (χ2v) is 5.91. The first-order chi connectivity index (χ1) is 7.88. The van der Waals surface area contributed by atoms with Crippen LogP contribution in [0.2, 0.25) is 0 Å². The third kappa shape index (κ3) is 3.48. The third-order valence-electron chi connectivity index (χ3n) is 2.07. The van der Waals surface area contributed by atoms with Crippen LogP contribution in [0.4, 0.5) is 4.79 Å². The lowest BCUT2D eigenvalue weighted by atomic mass is 10.3. The first-order valence-electron chi connectivity index (χ1n) is 4.56. The Bertz CT molecular complexity index is 409. The molecule has 0 aromatic rings. The molecule has 1 fully saturated rings. The van der Waals surface area contributed by atoms with Crippen molar-refractivity contribution in [2.24, 2.45) is 0 Å². The van der Waals surface area contributed by atoms with E-state index in [0.29, 0.717) is 5.75 Å². The number of hydrogen-bond donors (Lipinski definition) is 2. The van der Waals surface area contributed by atoms with Gasteiger partial charge in [-0.1, -0.05) is 0 Å². The van der Waals surface area contributed by atoms with E-state index in [1.54, 1.807) is 4.72 Å². The van der Waals surface area contributed by atoms with Crippen LogP contribution in [0.1, 0.15) is 0 Å². The third-order valence-corrected chi connectivity index (χ3v) is 4.57. The van der Waals surface area contributed by atoms with Gasteiger partial charge >= 0.3 is 22.3 Å². The summed E-state index contributed by atoms with van der Waals surface area (Å²) < 4.78 is 30.0. The van der Waals surface area contributed by atoms with E-state index in [0.717, 1.165) is 11.4 Å². The number of hydrogen-bond acceptors (Lipinski definition) is 6. The summed E-state index contributed by atoms with van der Waals surface area (Å²) in [7, 11) is -3.15. The van der Waals surface area contributed by atoms with Gasteiger partial charge in [-0.2, -0.15) is 24.5 Å². The minimum Gasteiger partial charge on any atom is -0.480 e. The molecule has 8 nitrogen and oxygen atoms in total. The fourth-order valence-corrected chi connectivity index (χ4v) is 3.77. The summed E-state index contributed by atoms with van der Waals surface area (Å²) >= 11 is 1.34. The molecule has 1 atom stereocenters. The number of nitrogens with zero attached hydrogens (tertiary/aromatic N) is 1. The highest BCUT2D eigenvalue weighted by Gasteiger charge is 2.38. The number of rotatable bonds is 3. The molecule has 0 spiro atoms. The molecule has 1 rings (SSSR count). The zero-order valence-corrected chi connectivity index (χ0v) is 10.6. The van der Waals surface area contributed by atoms with E-state index in [1.807, 2.05) is 0 Å². The number of thioether (sulfide) groups is 1. The molecule has 1 saturated heterocycles. The highest BCUT2D eigenvalue weighted by Crippen LogP contribution is 2.19. The fourth-order valence-electron chi connectivity index (χ4n) is 1.28. The number of aliphatic carboxylic acids is 1. The van der Waals surface area contributed by atoms with E-state index in [4.69, 9.17) is 5.11 Å². The molecule has 17 heavy (non-hydrogen) atoms. The van der Waals surface area contributed by atoms with Crippen molar-refractivity contribution in [1.29, 1.82) is 0 Å². The maximum atomic E-state index is 11.7. The summed E-state index contributed by atoms with van der Waals surface area (Å²) in [5.41, 5.74) is 0. The van der Waals surface area contributed by atoms with Crippen molar-refractivity contribution in [3.05, 3.63) is 0 Å². The van der Waals surface area contributed by atoms with E-state index < -0.39 is 28.3 Å². The number of carboxylic acids is 1. The highest BCUT2D eigenvalue weighted by atomic mass is 32.2. The van der Waals surface area contributed by atoms with Crippen LogP contribution in [0.5, 0.6) is 0 Å². The largest absolute Gasteiger partial charge is 0.480 e. The Balaban J connectivity index is 2.87. The Morgan fingerprint density at radius 1 is 1.53 bits per heavy atom. The van der Waals surface area contributed by atoms with Crippen molar-refractivity contribution in [3.8, 4) is 0 Å². The van der Waals surface area contributed by atoms with E-state index in [-0.39, 0.29) is 12.3 Å². The van der Waals surface area contributed by atoms with Gasteiger partial charge in [0.1, 0.15) is 6.04 Å². The van der Waals surface area contributed by atoms with Gasteiger partial charge in [0, 0.05) is 18.1 Å². The van der Waals surface area contributed by atoms with Crippen molar-refractivity contribution < 1.29 is 27.9 Å². The summed E-state index contributed by atoms with van der Waals surface area (Å²) in [5, 5.41) is 8.90. The molecule has 0 aromatic carbocycles. The van der Waals surface area contributed by atoms with Crippen molar-refractivity contribution in [2.45, 2.75) is 6.04 Å². The van der Waals surface area contributed by atoms with Gasteiger partial charge in [0.2, 0.25) is 0 Å². The number of carboxylic acid groups (broad SMARTS) is 1. The lowest BCUT2D eigenvalue weighted by molar-refractivity contribution is -0.140. The predicted molar refractivity (Wildman–Crippen MR) is 59.9 cm³/mol. The van der Waals surface area contributed by atoms with Crippen molar-refractivity contribution in [1.82, 2.24) is 9.03 Å². The molecule has 1 heterocycles. The number of ether oxygens (including phenoxy) is 1. The standard InChI is InChI=1S/C7H12N2O6S2/c1-15-7(12)8-17(13,14)9-2-3-16-4-5(9)6(10)11/h5H,2-4H2,1H3,(H,8,12)(H,10,11). The summed E-state index contributed by atoms with van der Waals surface area (Å²) in [6, 6.07) is -1.17. The Morgan fingerprint density at radius 2 is 2.18 bits per heavy atom. The minimum atomic E-state index is -4.17. The monoisotopic (exact) mass is 284 g/mol. The lowest BCUT2D eigenvalue weighted by Gasteiger charge is -2.30. The van der Waals surface area contributed by atoms with Gasteiger partial charge in [0.15, 0.2) is 0 Å². The molecule has 0 aromatic heterocycles. The van der Waals surface area contributed by atoms with Crippen LogP contribution < -0.4 is 4.72 Å². The topological polar surface area (TPSA) is 113 Å². The molecule has 0 aliphatic carbocycles. The maximum absolute atomic E-state index is 11.7. The normalized spacial score (nSPS) is 21.8. The summed E-state index contributed by atoms with van der Waals surface area (Å²) in [4.78, 5) is 21.8. The Kier molecular flexibility index (Phi) is 4.60. The molecule has 0 saturated carbocycles. The molecule has 1 aliphatic heterocycles. The molecule has 1 aliphatic rings. The Labute approximate surface area is 102 Å². The molecule has 0 radical (unpaired) electrons. The first kappa shape index (κ1) is 14.1. The molecule has 1 amide bonds. The van der Waals surface area contributed by atoms with Gasteiger partial charge in [-0.25, -0.2) is 9.52 Å². The average molecular weight is 284 g/mol. The zero-order chi connectivity index (χ0) is 13.1. The molecular formula is C7H12N2O6S2. The molecule has 0 bridgehead atoms. The average Bonchev–Trinajstić information content (AvgIpc) is 2.28. The van der Waals surface area contributed by atoms with Crippen LogP contribution in [-0.2, 0) is 19.7 Å². The van der Waals surface area contributed by atoms with E-state index in [2.05, 4.69) is 4.74 Å². The number of carbonyl (C=O) groups is 2. The van der Waals surface area contributed by atoms with Crippen LogP contribution in [0.3, 0.4) is 0 Å². The summed E-state index contributed by atoms with van der Waals surface area (Å²) in [6.45, 7) is 0.0357. The van der Waals surface area contributed by atoms with Crippen LogP contribution >= 0.6 is 11.8 Å². The number of nitrogens with one attached hydrogen (secondary N) is 1. The van der Waals surface area contributed by atoms with Gasteiger partial charge in [0.05, 0.1) is 7.11 Å². The van der Waals surface area contributed by atoms with Gasteiger partial charge in [-0.15, -0.1) is 0 Å². The van der Waals surface area contributed by atoms with Crippen LogP contribution in [0, 0.1) is 0 Å². The second kappa shape index (κ2) is 5.56. The maximum Gasteiger partial charge on any atom is 0.421 e. The number of amides is 1. The van der Waals surface area contributed by atoms with Crippen molar-refractivity contribution >= 4 is 34.0 Å². The molecule has 1 unspecified atom stereocenters.